The number of anilines is 1. The number of aromatic nitrogens is 1. The number of nitrogen functional groups attached to an aromatic ring is 1. The number of carboxylic acids is 1. The zero-order chi connectivity index (χ0) is 28.6. The number of halogens is 2. The molecular formula is C26H24F2N6O5S. The highest BCUT2D eigenvalue weighted by atomic mass is 32.2. The first-order chi connectivity index (χ1) is 19.1. The summed E-state index contributed by atoms with van der Waals surface area (Å²) in [5.74, 6) is -4.76. The molecule has 2 aliphatic heterocycles. The van der Waals surface area contributed by atoms with Gasteiger partial charge in [0.05, 0.1) is 12.1 Å². The van der Waals surface area contributed by atoms with Gasteiger partial charge in [0.1, 0.15) is 23.8 Å². The molecule has 1 aromatic heterocycles. The smallest absolute Gasteiger partial charge is 0.327 e. The number of carbonyl (C=O) groups is 1. The predicted octanol–water partition coefficient (Wildman–Crippen LogP) is 3.91. The van der Waals surface area contributed by atoms with Crippen LogP contribution in [0.4, 0.5) is 14.5 Å². The van der Waals surface area contributed by atoms with E-state index < -0.39 is 41.4 Å². The lowest BCUT2D eigenvalue weighted by Gasteiger charge is -2.26. The number of aromatic hydroxyl groups is 1. The van der Waals surface area contributed by atoms with Crippen molar-refractivity contribution in [3.05, 3.63) is 65.4 Å². The normalized spacial score (nSPS) is 18.7. The molecule has 0 aliphatic carbocycles. The maximum absolute atomic E-state index is 15.5. The molecule has 3 heterocycles. The molecule has 2 aromatic carbocycles. The van der Waals surface area contributed by atoms with Crippen molar-refractivity contribution in [3.63, 3.8) is 0 Å². The fourth-order valence-electron chi connectivity index (χ4n) is 4.29. The fourth-order valence-corrected chi connectivity index (χ4v) is 5.47. The van der Waals surface area contributed by atoms with Gasteiger partial charge in [0.2, 0.25) is 11.6 Å². The topological polar surface area (TPSA) is 158 Å². The SMILES string of the molecule is CN1CC=NC1c1cc(N2CSCC2C(=O)O)ccc1Oc1c(F)cnc(Oc2cc(C(=N)N)ccc2O)c1F. The Labute approximate surface area is 231 Å². The number of nitrogens with zero attached hydrogens (tertiary/aromatic N) is 4. The van der Waals surface area contributed by atoms with Crippen molar-refractivity contribution in [1.82, 2.24) is 9.88 Å². The van der Waals surface area contributed by atoms with Crippen molar-refractivity contribution in [2.24, 2.45) is 10.7 Å². The van der Waals surface area contributed by atoms with Crippen molar-refractivity contribution in [1.29, 1.82) is 5.41 Å². The molecule has 208 valence electrons. The number of amidine groups is 1. The van der Waals surface area contributed by atoms with Crippen molar-refractivity contribution in [2.45, 2.75) is 12.2 Å². The van der Waals surface area contributed by atoms with Crippen LogP contribution in [0.15, 0.2) is 47.6 Å². The minimum Gasteiger partial charge on any atom is -0.504 e. The number of pyridine rings is 1. The molecule has 14 heteroatoms. The van der Waals surface area contributed by atoms with E-state index in [9.17, 15) is 19.4 Å². The van der Waals surface area contributed by atoms with Crippen molar-refractivity contribution >= 4 is 35.5 Å². The summed E-state index contributed by atoms with van der Waals surface area (Å²) in [7, 11) is 1.82. The van der Waals surface area contributed by atoms with Gasteiger partial charge in [-0.15, -0.1) is 11.8 Å². The van der Waals surface area contributed by atoms with Gasteiger partial charge in [0, 0.05) is 35.3 Å². The lowest BCUT2D eigenvalue weighted by Crippen LogP contribution is -2.37. The second-order valence-electron chi connectivity index (χ2n) is 9.05. The number of hydrogen-bond donors (Lipinski definition) is 4. The third-order valence-corrected chi connectivity index (χ3v) is 7.41. The Kier molecular flexibility index (Phi) is 7.45. The Morgan fingerprint density at radius 2 is 2.00 bits per heavy atom. The summed E-state index contributed by atoms with van der Waals surface area (Å²) in [4.78, 5) is 23.5. The summed E-state index contributed by atoms with van der Waals surface area (Å²) >= 11 is 1.49. The zero-order valence-electron chi connectivity index (χ0n) is 21.0. The Morgan fingerprint density at radius 1 is 1.20 bits per heavy atom. The molecule has 2 aliphatic rings. The van der Waals surface area contributed by atoms with Crippen LogP contribution in [-0.4, -0.2) is 69.4 Å². The van der Waals surface area contributed by atoms with Crippen LogP contribution in [0.3, 0.4) is 0 Å². The molecular weight excluding hydrogens is 546 g/mol. The molecule has 0 bridgehead atoms. The van der Waals surface area contributed by atoms with Crippen LogP contribution in [0.1, 0.15) is 17.3 Å². The number of carboxylic acid groups (broad SMARTS) is 1. The number of aliphatic imine (C=N–C) groups is 1. The van der Waals surface area contributed by atoms with Gasteiger partial charge in [0.15, 0.2) is 17.3 Å². The van der Waals surface area contributed by atoms with E-state index in [0.717, 1.165) is 0 Å². The standard InChI is InChI=1S/C26H24F2N6O5S/c1-33-7-6-31-24(33)15-9-14(34-12-40-11-17(34)26(36)37)3-5-19(15)38-22-16(27)10-32-25(21(22)28)39-20-8-13(23(29)30)2-4-18(20)35/h2-6,8-10,17,24,35H,7,11-12H2,1H3,(H3,29,30)(H,36,37). The van der Waals surface area contributed by atoms with Crippen LogP contribution < -0.4 is 20.1 Å². The number of ether oxygens (including phenoxy) is 2. The number of nitrogens with one attached hydrogen (secondary N) is 1. The quantitative estimate of drug-likeness (QED) is 0.231. The van der Waals surface area contributed by atoms with Gasteiger partial charge in [-0.2, -0.15) is 4.39 Å². The van der Waals surface area contributed by atoms with Crippen molar-refractivity contribution in [3.8, 4) is 28.9 Å². The summed E-state index contributed by atoms with van der Waals surface area (Å²) < 4.78 is 41.6. The number of rotatable bonds is 8. The first-order valence-corrected chi connectivity index (χ1v) is 13.1. The number of thioether (sulfide) groups is 1. The van der Waals surface area contributed by atoms with Gasteiger partial charge in [-0.25, -0.2) is 14.2 Å². The molecule has 11 nitrogen and oxygen atoms in total. The van der Waals surface area contributed by atoms with Crippen LogP contribution in [0.5, 0.6) is 28.9 Å². The monoisotopic (exact) mass is 570 g/mol. The number of benzene rings is 2. The molecule has 40 heavy (non-hydrogen) atoms. The molecule has 5 N–H and O–H groups in total. The maximum Gasteiger partial charge on any atom is 0.327 e. The molecule has 0 saturated carbocycles. The highest BCUT2D eigenvalue weighted by Crippen LogP contribution is 2.41. The van der Waals surface area contributed by atoms with Crippen molar-refractivity contribution in [2.75, 3.05) is 30.1 Å². The van der Waals surface area contributed by atoms with E-state index in [0.29, 0.717) is 35.6 Å². The van der Waals surface area contributed by atoms with Gasteiger partial charge in [-0.1, -0.05) is 0 Å². The van der Waals surface area contributed by atoms with E-state index in [1.807, 2.05) is 11.9 Å². The minimum absolute atomic E-state index is 0.0924. The number of phenols is 1. The molecule has 3 aromatic rings. The fraction of sp³-hybridized carbons (Fsp3) is 0.231. The Bertz CT molecular complexity index is 1520. The second kappa shape index (κ2) is 11.0. The lowest BCUT2D eigenvalue weighted by molar-refractivity contribution is -0.137. The van der Waals surface area contributed by atoms with E-state index in [1.54, 1.807) is 23.2 Å². The highest BCUT2D eigenvalue weighted by Gasteiger charge is 2.33. The summed E-state index contributed by atoms with van der Waals surface area (Å²) in [6.07, 6.45) is 1.88. The third kappa shape index (κ3) is 5.22. The first kappa shape index (κ1) is 27.1. The van der Waals surface area contributed by atoms with Gasteiger partial charge in [-0.05, 0) is 43.4 Å². The van der Waals surface area contributed by atoms with Gasteiger partial charge in [-0.3, -0.25) is 15.3 Å². The van der Waals surface area contributed by atoms with E-state index in [-0.39, 0.29) is 28.6 Å². The Morgan fingerprint density at radius 3 is 2.70 bits per heavy atom. The number of hydrogen-bond acceptors (Lipinski definition) is 10. The van der Waals surface area contributed by atoms with Crippen LogP contribution in [0.2, 0.25) is 0 Å². The Balaban J connectivity index is 1.51. The highest BCUT2D eigenvalue weighted by molar-refractivity contribution is 7.99. The molecule has 1 fully saturated rings. The summed E-state index contributed by atoms with van der Waals surface area (Å²) in [5.41, 5.74) is 6.76. The second-order valence-corrected chi connectivity index (χ2v) is 10.0. The van der Waals surface area contributed by atoms with E-state index in [1.165, 1.54) is 36.0 Å². The van der Waals surface area contributed by atoms with Crippen LogP contribution in [0, 0.1) is 17.0 Å². The predicted molar refractivity (Wildman–Crippen MR) is 145 cm³/mol. The third-order valence-electron chi connectivity index (χ3n) is 6.39. The van der Waals surface area contributed by atoms with Crippen molar-refractivity contribution < 1.29 is 33.3 Å². The summed E-state index contributed by atoms with van der Waals surface area (Å²) in [5, 5.41) is 27.3. The van der Waals surface area contributed by atoms with Gasteiger partial charge >= 0.3 is 5.97 Å². The average Bonchev–Trinajstić information content (AvgIpc) is 3.59. The number of aliphatic carboxylic acids is 1. The summed E-state index contributed by atoms with van der Waals surface area (Å²) in [6.45, 7) is 0.532. The molecule has 2 unspecified atom stereocenters. The van der Waals surface area contributed by atoms with Gasteiger partial charge < -0.3 is 30.3 Å². The molecule has 5 rings (SSSR count). The maximum atomic E-state index is 15.5. The molecule has 0 spiro atoms. The molecule has 0 amide bonds. The van der Waals surface area contributed by atoms with Crippen LogP contribution >= 0.6 is 11.8 Å². The average molecular weight is 571 g/mol. The summed E-state index contributed by atoms with van der Waals surface area (Å²) in [6, 6.07) is 7.93. The lowest BCUT2D eigenvalue weighted by atomic mass is 10.1. The number of phenolic OH excluding ortho intramolecular Hbond substituents is 1. The van der Waals surface area contributed by atoms with Crippen LogP contribution in [0.25, 0.3) is 0 Å². The van der Waals surface area contributed by atoms with Crippen LogP contribution in [-0.2, 0) is 4.79 Å². The Hall–Kier alpha value is -4.43. The molecule has 2 atom stereocenters. The minimum atomic E-state index is -1.27. The molecule has 0 radical (unpaired) electrons. The number of nitrogens with two attached hydrogens (primary N) is 1. The first-order valence-electron chi connectivity index (χ1n) is 11.9. The van der Waals surface area contributed by atoms with E-state index >= 15 is 4.39 Å². The van der Waals surface area contributed by atoms with Gasteiger partial charge in [0.25, 0.3) is 5.88 Å². The van der Waals surface area contributed by atoms with E-state index in [2.05, 4.69) is 9.98 Å². The van der Waals surface area contributed by atoms with E-state index in [4.69, 9.17) is 20.6 Å². The zero-order valence-corrected chi connectivity index (χ0v) is 21.9. The largest absolute Gasteiger partial charge is 0.504 e. The molecule has 1 saturated heterocycles.